The van der Waals surface area contributed by atoms with Gasteiger partial charge in [0.15, 0.2) is 22.7 Å². The molecule has 0 aliphatic carbocycles. The lowest BCUT2D eigenvalue weighted by atomic mass is 10.0. The molecule has 0 saturated carbocycles. The van der Waals surface area contributed by atoms with Gasteiger partial charge < -0.3 is 35.2 Å². The third-order valence-corrected chi connectivity index (χ3v) is 8.67. The molecule has 2 heterocycles. The molecule has 194 valence electrons. The number of nitrogens with zero attached hydrogens (tertiary/aromatic N) is 4. The Morgan fingerprint density at radius 1 is 1.26 bits per heavy atom. The van der Waals surface area contributed by atoms with Gasteiger partial charge in [-0.25, -0.2) is 4.98 Å². The molecule has 6 N–H and O–H groups in total. The molecule has 2 unspecified atom stereocenters. The Morgan fingerprint density at radius 3 is 2.41 bits per heavy atom. The van der Waals surface area contributed by atoms with Crippen molar-refractivity contribution in [3.63, 3.8) is 0 Å². The van der Waals surface area contributed by atoms with Gasteiger partial charge in [-0.15, -0.1) is 0 Å². The van der Waals surface area contributed by atoms with Crippen LogP contribution in [0.15, 0.2) is 11.1 Å². The molecule has 0 aliphatic rings. The predicted octanol–water partition coefficient (Wildman–Crippen LogP) is 0.850. The molecule has 4 atom stereocenters. The fraction of sp³-hybridized carbons (Fsp3) is 0.750. The fourth-order valence-electron chi connectivity index (χ4n) is 3.43. The molecular weight excluding hydrogens is 469 g/mol. The van der Waals surface area contributed by atoms with Crippen molar-refractivity contribution in [2.45, 2.75) is 76.7 Å². The molecule has 14 heteroatoms. The van der Waals surface area contributed by atoms with Gasteiger partial charge in [-0.3, -0.25) is 18.5 Å². The van der Waals surface area contributed by atoms with E-state index in [0.717, 1.165) is 4.57 Å². The summed E-state index contributed by atoms with van der Waals surface area (Å²) in [5, 5.41) is 28.6. The van der Waals surface area contributed by atoms with E-state index >= 15 is 0 Å². The first-order chi connectivity index (χ1) is 15.8. The van der Waals surface area contributed by atoms with Crippen molar-refractivity contribution >= 4 is 24.7 Å². The number of aromatic nitrogens is 4. The molecule has 2 aromatic rings. The van der Waals surface area contributed by atoms with Gasteiger partial charge in [-0.05, 0) is 26.2 Å². The highest BCUT2D eigenvalue weighted by Crippen LogP contribution is 2.60. The minimum absolute atomic E-state index is 0.0109. The molecule has 34 heavy (non-hydrogen) atoms. The Bertz CT molecular complexity index is 1080. The van der Waals surface area contributed by atoms with Gasteiger partial charge in [0.2, 0.25) is 5.95 Å². The van der Waals surface area contributed by atoms with Crippen LogP contribution in [0.2, 0.25) is 0 Å². The lowest BCUT2D eigenvalue weighted by Gasteiger charge is -2.37. The molecule has 0 bridgehead atoms. The summed E-state index contributed by atoms with van der Waals surface area (Å²) < 4.78 is 26.7. The zero-order valence-corrected chi connectivity index (χ0v) is 21.1. The van der Waals surface area contributed by atoms with Gasteiger partial charge in [-0.2, -0.15) is 4.98 Å². The summed E-state index contributed by atoms with van der Waals surface area (Å²) in [6.07, 6.45) is -0.784. The molecule has 0 radical (unpaired) electrons. The van der Waals surface area contributed by atoms with Crippen LogP contribution in [0.5, 0.6) is 0 Å². The van der Waals surface area contributed by atoms with E-state index in [1.807, 2.05) is 0 Å². The topological polar surface area (TPSA) is 195 Å². The highest BCUT2D eigenvalue weighted by molar-refractivity contribution is 7.54. The van der Waals surface area contributed by atoms with Crippen LogP contribution in [-0.4, -0.2) is 69.6 Å². The summed E-state index contributed by atoms with van der Waals surface area (Å²) in [6, 6.07) is 0. The summed E-state index contributed by atoms with van der Waals surface area (Å²) in [5.41, 5.74) is 4.26. The van der Waals surface area contributed by atoms with Crippen molar-refractivity contribution in [3.8, 4) is 0 Å². The van der Waals surface area contributed by atoms with Gasteiger partial charge in [0, 0.05) is 13.5 Å². The van der Waals surface area contributed by atoms with E-state index in [9.17, 15) is 29.6 Å². The van der Waals surface area contributed by atoms with Crippen LogP contribution >= 0.6 is 7.60 Å². The van der Waals surface area contributed by atoms with Crippen molar-refractivity contribution in [2.24, 2.45) is 7.05 Å². The van der Waals surface area contributed by atoms with E-state index in [4.69, 9.17) is 15.0 Å². The summed E-state index contributed by atoms with van der Waals surface area (Å²) >= 11 is 0. The Hall–Kier alpha value is -1.86. The second-order valence-electron chi connectivity index (χ2n) is 8.52. The van der Waals surface area contributed by atoms with E-state index in [1.54, 1.807) is 27.7 Å². The maximum atomic E-state index is 12.9. The van der Waals surface area contributed by atoms with Crippen LogP contribution < -0.4 is 11.3 Å². The summed E-state index contributed by atoms with van der Waals surface area (Å²) in [6.45, 7) is 5.88. The lowest BCUT2D eigenvalue weighted by molar-refractivity contribution is -0.107. The predicted molar refractivity (Wildman–Crippen MR) is 125 cm³/mol. The molecule has 2 aromatic heterocycles. The molecule has 0 fully saturated rings. The maximum Gasteiger partial charge on any atom is 0.359 e. The minimum atomic E-state index is -4.40. The molecule has 0 spiro atoms. The number of nitrogens with two attached hydrogens (primary N) is 1. The maximum absolute atomic E-state index is 12.9. The lowest BCUT2D eigenvalue weighted by Crippen LogP contribution is -2.36. The Kier molecular flexibility index (Phi) is 9.03. The van der Waals surface area contributed by atoms with Crippen LogP contribution in [0, 0.1) is 0 Å². The number of imidazole rings is 1. The van der Waals surface area contributed by atoms with Crippen LogP contribution in [0.3, 0.4) is 0 Å². The van der Waals surface area contributed by atoms with Gasteiger partial charge >= 0.3 is 7.60 Å². The fourth-order valence-corrected chi connectivity index (χ4v) is 5.22. The van der Waals surface area contributed by atoms with Crippen LogP contribution in [-0.2, 0) is 20.9 Å². The molecule has 0 saturated heterocycles. The summed E-state index contributed by atoms with van der Waals surface area (Å²) in [5.74, 6) is -0.0681. The highest BCUT2D eigenvalue weighted by Gasteiger charge is 2.48. The first kappa shape index (κ1) is 28.4. The number of ether oxygens (including phenoxy) is 1. The molecule has 2 rings (SSSR count). The van der Waals surface area contributed by atoms with Crippen molar-refractivity contribution in [1.29, 1.82) is 0 Å². The molecule has 13 nitrogen and oxygen atoms in total. The average Bonchev–Trinajstić information content (AvgIpc) is 3.22. The van der Waals surface area contributed by atoms with Crippen molar-refractivity contribution in [2.75, 3.05) is 18.9 Å². The second kappa shape index (κ2) is 10.8. The summed E-state index contributed by atoms with van der Waals surface area (Å²) in [7, 11) is -2.96. The van der Waals surface area contributed by atoms with Gasteiger partial charge in [0.25, 0.3) is 5.56 Å². The van der Waals surface area contributed by atoms with Crippen LogP contribution in [0.25, 0.3) is 11.2 Å². The number of rotatable bonds is 13. The standard InChI is InChI=1S/C20H36N5O8P/c1-6-19(4,33-34(30,31)20(29,7-2)8-3)9-10-32-17(13(27)11-26)25-12-22-14-15(25)23-18(21)24(5)16(14)28/h12-13,17,26-27,29H,6-11H2,1-5H3,(H2,21,23)(H,30,31)/t13-,17-,19?/m1/s1. The van der Waals surface area contributed by atoms with Crippen LogP contribution in [0.1, 0.15) is 59.6 Å². The molecule has 0 aliphatic heterocycles. The number of anilines is 1. The Balaban J connectivity index is 2.27. The number of hydrogen-bond acceptors (Lipinski definition) is 10. The smallest absolute Gasteiger partial charge is 0.359 e. The number of aliphatic hydroxyl groups excluding tert-OH is 2. The third-order valence-electron chi connectivity index (χ3n) is 6.30. The van der Waals surface area contributed by atoms with E-state index in [1.165, 1.54) is 17.9 Å². The zero-order chi connectivity index (χ0) is 25.9. The largest absolute Gasteiger partial charge is 0.394 e. The Labute approximate surface area is 197 Å². The molecular formula is C20H36N5O8P. The Morgan fingerprint density at radius 2 is 1.88 bits per heavy atom. The van der Waals surface area contributed by atoms with E-state index in [2.05, 4.69) is 9.97 Å². The number of hydrogen-bond donors (Lipinski definition) is 5. The van der Waals surface area contributed by atoms with E-state index in [-0.39, 0.29) is 43.0 Å². The normalized spacial score (nSPS) is 17.9. The SMILES string of the molecule is CCC(C)(CCO[C@H]([C@H](O)CO)n1cnc2c(=O)n(C)c(N)nc21)OP(=O)(O)C(O)(CC)CC. The third kappa shape index (κ3) is 5.51. The number of aliphatic hydroxyl groups is 3. The van der Waals surface area contributed by atoms with Crippen molar-refractivity contribution in [3.05, 3.63) is 16.7 Å². The minimum Gasteiger partial charge on any atom is -0.394 e. The first-order valence-corrected chi connectivity index (χ1v) is 12.7. The van der Waals surface area contributed by atoms with Gasteiger partial charge in [0.1, 0.15) is 6.10 Å². The zero-order valence-electron chi connectivity index (χ0n) is 20.2. The number of nitrogen functional groups attached to an aromatic ring is 1. The second-order valence-corrected chi connectivity index (χ2v) is 10.6. The quantitative estimate of drug-likeness (QED) is 0.242. The van der Waals surface area contributed by atoms with E-state index in [0.29, 0.717) is 6.42 Å². The molecule has 0 aromatic carbocycles. The highest BCUT2D eigenvalue weighted by atomic mass is 31.2. The number of fused-ring (bicyclic) bond motifs is 1. The molecule has 0 amide bonds. The first-order valence-electron chi connectivity index (χ1n) is 11.1. The van der Waals surface area contributed by atoms with Gasteiger partial charge in [-0.1, -0.05) is 20.8 Å². The van der Waals surface area contributed by atoms with Crippen molar-refractivity contribution in [1.82, 2.24) is 19.1 Å². The summed E-state index contributed by atoms with van der Waals surface area (Å²) in [4.78, 5) is 31.1. The average molecular weight is 506 g/mol. The van der Waals surface area contributed by atoms with Crippen molar-refractivity contribution < 1.29 is 34.0 Å². The van der Waals surface area contributed by atoms with Gasteiger partial charge in [0.05, 0.1) is 25.1 Å². The van der Waals surface area contributed by atoms with Crippen LogP contribution in [0.4, 0.5) is 5.95 Å². The van der Waals surface area contributed by atoms with E-state index < -0.39 is 43.0 Å². The monoisotopic (exact) mass is 505 g/mol.